The fourth-order valence-electron chi connectivity index (χ4n) is 1.58. The second kappa shape index (κ2) is 3.84. The van der Waals surface area contributed by atoms with Crippen LogP contribution in [-0.2, 0) is 11.2 Å². The molecule has 1 aromatic carbocycles. The molecule has 0 radical (unpaired) electrons. The van der Waals surface area contributed by atoms with Crippen LogP contribution in [0.4, 0.5) is 0 Å². The van der Waals surface area contributed by atoms with Crippen molar-refractivity contribution >= 4 is 11.0 Å². The molecule has 0 fully saturated rings. The van der Waals surface area contributed by atoms with Gasteiger partial charge in [-0.1, -0.05) is 6.07 Å². The molecule has 0 amide bonds. The summed E-state index contributed by atoms with van der Waals surface area (Å²) in [5.41, 5.74) is 3.45. The summed E-state index contributed by atoms with van der Waals surface area (Å²) in [4.78, 5) is 0. The van der Waals surface area contributed by atoms with Crippen molar-refractivity contribution in [1.82, 2.24) is 0 Å². The molecule has 14 heavy (non-hydrogen) atoms. The zero-order valence-electron chi connectivity index (χ0n) is 8.54. The van der Waals surface area contributed by atoms with Gasteiger partial charge in [0.2, 0.25) is 0 Å². The molecule has 2 nitrogen and oxygen atoms in total. The second-order valence-corrected chi connectivity index (χ2v) is 3.49. The van der Waals surface area contributed by atoms with Crippen LogP contribution in [0.25, 0.3) is 11.0 Å². The van der Waals surface area contributed by atoms with E-state index in [-0.39, 0.29) is 0 Å². The number of benzene rings is 1. The standard InChI is InChI=1S/C12H14O2/c1-9-8-14-12-4-3-10(5-6-13-2)7-11(9)12/h3-4,7-8H,5-6H2,1-2H3. The lowest BCUT2D eigenvalue weighted by atomic mass is 10.1. The van der Waals surface area contributed by atoms with Crippen molar-refractivity contribution in [3.05, 3.63) is 35.6 Å². The molecule has 0 bridgehead atoms. The first kappa shape index (κ1) is 9.28. The highest BCUT2D eigenvalue weighted by molar-refractivity contribution is 5.81. The molecule has 2 heteroatoms. The lowest BCUT2D eigenvalue weighted by Gasteiger charge is -2.00. The number of hydrogen-bond donors (Lipinski definition) is 0. The van der Waals surface area contributed by atoms with Crippen LogP contribution in [0.1, 0.15) is 11.1 Å². The van der Waals surface area contributed by atoms with E-state index in [4.69, 9.17) is 9.15 Å². The van der Waals surface area contributed by atoms with E-state index in [1.165, 1.54) is 16.5 Å². The fraction of sp³-hybridized carbons (Fsp3) is 0.333. The molecule has 0 atom stereocenters. The molecule has 0 saturated carbocycles. The van der Waals surface area contributed by atoms with Crippen LogP contribution in [0.5, 0.6) is 0 Å². The molecule has 2 aromatic rings. The van der Waals surface area contributed by atoms with Gasteiger partial charge in [-0.05, 0) is 36.6 Å². The van der Waals surface area contributed by atoms with Crippen LogP contribution in [0.3, 0.4) is 0 Å². The average Bonchev–Trinajstić information content (AvgIpc) is 2.57. The van der Waals surface area contributed by atoms with Crippen LogP contribution in [0.15, 0.2) is 28.9 Å². The van der Waals surface area contributed by atoms with Gasteiger partial charge < -0.3 is 9.15 Å². The van der Waals surface area contributed by atoms with Gasteiger partial charge in [0.05, 0.1) is 12.9 Å². The van der Waals surface area contributed by atoms with Crippen LogP contribution in [0, 0.1) is 6.92 Å². The molecule has 0 unspecified atom stereocenters. The van der Waals surface area contributed by atoms with Crippen LogP contribution < -0.4 is 0 Å². The molecule has 0 aliphatic carbocycles. The fourth-order valence-corrected chi connectivity index (χ4v) is 1.58. The highest BCUT2D eigenvalue weighted by atomic mass is 16.5. The van der Waals surface area contributed by atoms with Gasteiger partial charge in [-0.25, -0.2) is 0 Å². The molecule has 0 aliphatic heterocycles. The number of hydrogen-bond acceptors (Lipinski definition) is 2. The van der Waals surface area contributed by atoms with Crippen molar-refractivity contribution < 1.29 is 9.15 Å². The van der Waals surface area contributed by atoms with Crippen LogP contribution >= 0.6 is 0 Å². The molecular weight excluding hydrogens is 176 g/mol. The van der Waals surface area contributed by atoms with Gasteiger partial charge in [-0.2, -0.15) is 0 Å². The molecule has 1 heterocycles. The third kappa shape index (κ3) is 1.66. The Hall–Kier alpha value is -1.28. The third-order valence-electron chi connectivity index (χ3n) is 2.43. The quantitative estimate of drug-likeness (QED) is 0.742. The Morgan fingerprint density at radius 1 is 1.36 bits per heavy atom. The van der Waals surface area contributed by atoms with Gasteiger partial charge in [-0.15, -0.1) is 0 Å². The number of fused-ring (bicyclic) bond motifs is 1. The third-order valence-corrected chi connectivity index (χ3v) is 2.43. The molecule has 0 spiro atoms. The number of furan rings is 1. The second-order valence-electron chi connectivity index (χ2n) is 3.49. The van der Waals surface area contributed by atoms with Crippen molar-refractivity contribution in [3.8, 4) is 0 Å². The maximum absolute atomic E-state index is 5.38. The zero-order chi connectivity index (χ0) is 9.97. The van der Waals surface area contributed by atoms with Gasteiger partial charge in [0.15, 0.2) is 0 Å². The molecule has 74 valence electrons. The molecule has 2 rings (SSSR count). The van der Waals surface area contributed by atoms with Crippen molar-refractivity contribution in [2.24, 2.45) is 0 Å². The average molecular weight is 190 g/mol. The Labute approximate surface area is 83.5 Å². The smallest absolute Gasteiger partial charge is 0.134 e. The first-order chi connectivity index (χ1) is 6.81. The first-order valence-corrected chi connectivity index (χ1v) is 4.77. The SMILES string of the molecule is COCCc1ccc2occ(C)c2c1. The van der Waals surface area contributed by atoms with E-state index in [0.717, 1.165) is 18.6 Å². The van der Waals surface area contributed by atoms with Gasteiger partial charge in [0.1, 0.15) is 5.58 Å². The van der Waals surface area contributed by atoms with E-state index < -0.39 is 0 Å². The van der Waals surface area contributed by atoms with Crippen molar-refractivity contribution in [2.75, 3.05) is 13.7 Å². The van der Waals surface area contributed by atoms with E-state index in [2.05, 4.69) is 19.1 Å². The summed E-state index contributed by atoms with van der Waals surface area (Å²) in [6.07, 6.45) is 2.75. The van der Waals surface area contributed by atoms with Crippen molar-refractivity contribution in [1.29, 1.82) is 0 Å². The van der Waals surface area contributed by atoms with E-state index in [0.29, 0.717) is 0 Å². The topological polar surface area (TPSA) is 22.4 Å². The lowest BCUT2D eigenvalue weighted by molar-refractivity contribution is 0.202. The van der Waals surface area contributed by atoms with E-state index in [9.17, 15) is 0 Å². The highest BCUT2D eigenvalue weighted by Crippen LogP contribution is 2.21. The summed E-state index contributed by atoms with van der Waals surface area (Å²) in [7, 11) is 1.72. The van der Waals surface area contributed by atoms with Gasteiger partial charge >= 0.3 is 0 Å². The van der Waals surface area contributed by atoms with E-state index in [1.807, 2.05) is 6.07 Å². The Morgan fingerprint density at radius 3 is 3.00 bits per heavy atom. The van der Waals surface area contributed by atoms with Crippen LogP contribution in [-0.4, -0.2) is 13.7 Å². The number of methoxy groups -OCH3 is 1. The Morgan fingerprint density at radius 2 is 2.21 bits per heavy atom. The Bertz CT molecular complexity index is 429. The number of rotatable bonds is 3. The summed E-state index contributed by atoms with van der Waals surface area (Å²) in [5, 5.41) is 1.21. The molecule has 0 N–H and O–H groups in total. The maximum Gasteiger partial charge on any atom is 0.134 e. The summed E-state index contributed by atoms with van der Waals surface area (Å²) < 4.78 is 10.4. The van der Waals surface area contributed by atoms with Crippen molar-refractivity contribution in [2.45, 2.75) is 13.3 Å². The van der Waals surface area contributed by atoms with E-state index >= 15 is 0 Å². The summed E-state index contributed by atoms with van der Waals surface area (Å²) >= 11 is 0. The lowest BCUT2D eigenvalue weighted by Crippen LogP contribution is -1.93. The first-order valence-electron chi connectivity index (χ1n) is 4.77. The Balaban J connectivity index is 2.34. The van der Waals surface area contributed by atoms with Gasteiger partial charge in [-0.3, -0.25) is 0 Å². The number of ether oxygens (including phenoxy) is 1. The molecule has 0 aliphatic rings. The van der Waals surface area contributed by atoms with E-state index in [1.54, 1.807) is 13.4 Å². The summed E-state index contributed by atoms with van der Waals surface area (Å²) in [5.74, 6) is 0. The minimum atomic E-state index is 0.766. The summed E-state index contributed by atoms with van der Waals surface area (Å²) in [6.45, 7) is 2.83. The minimum absolute atomic E-state index is 0.766. The normalized spacial score (nSPS) is 11.0. The number of aryl methyl sites for hydroxylation is 1. The zero-order valence-corrected chi connectivity index (χ0v) is 8.54. The summed E-state index contributed by atoms with van der Waals surface area (Å²) in [6, 6.07) is 6.28. The maximum atomic E-state index is 5.38. The highest BCUT2D eigenvalue weighted by Gasteiger charge is 2.02. The largest absolute Gasteiger partial charge is 0.464 e. The van der Waals surface area contributed by atoms with Crippen LogP contribution in [0.2, 0.25) is 0 Å². The van der Waals surface area contributed by atoms with Gasteiger partial charge in [0, 0.05) is 12.5 Å². The van der Waals surface area contributed by atoms with Crippen molar-refractivity contribution in [3.63, 3.8) is 0 Å². The predicted molar refractivity (Wildman–Crippen MR) is 56.5 cm³/mol. The molecule has 0 saturated heterocycles. The van der Waals surface area contributed by atoms with Gasteiger partial charge in [0.25, 0.3) is 0 Å². The predicted octanol–water partition coefficient (Wildman–Crippen LogP) is 2.93. The molecule has 1 aromatic heterocycles. The monoisotopic (exact) mass is 190 g/mol. The molecular formula is C12H14O2. The Kier molecular flexibility index (Phi) is 2.55. The minimum Gasteiger partial charge on any atom is -0.464 e.